The first-order chi connectivity index (χ1) is 15.8. The molecule has 0 atom stereocenters. The Kier molecular flexibility index (Phi) is 6.80. The van der Waals surface area contributed by atoms with E-state index in [9.17, 15) is 13.2 Å². The average molecular weight is 487 g/mol. The molecule has 1 aromatic carbocycles. The Hall–Kier alpha value is -3.18. The molecule has 33 heavy (non-hydrogen) atoms. The van der Waals surface area contributed by atoms with Crippen molar-refractivity contribution in [3.63, 3.8) is 0 Å². The quantitative estimate of drug-likeness (QED) is 0.445. The third-order valence-electron chi connectivity index (χ3n) is 5.05. The second-order valence-electron chi connectivity index (χ2n) is 7.83. The van der Waals surface area contributed by atoms with Crippen LogP contribution in [-0.4, -0.2) is 37.4 Å². The summed E-state index contributed by atoms with van der Waals surface area (Å²) >= 11 is 1.12. The summed E-state index contributed by atoms with van der Waals surface area (Å²) in [4.78, 5) is 23.2. The van der Waals surface area contributed by atoms with E-state index in [0.717, 1.165) is 59.5 Å². The SMILES string of the molecule is CC(=O)NCc1ccc(S(=O)(=O)Nc2ccc(Nc3cc(C)nc(N4CCCC4)n3)cc2)s1. The van der Waals surface area contributed by atoms with Gasteiger partial charge in [-0.25, -0.2) is 13.4 Å². The van der Waals surface area contributed by atoms with E-state index >= 15 is 0 Å². The molecule has 0 saturated carbocycles. The summed E-state index contributed by atoms with van der Waals surface area (Å²) < 4.78 is 28.2. The first-order valence-electron chi connectivity index (χ1n) is 10.6. The maximum Gasteiger partial charge on any atom is 0.271 e. The number of hydrogen-bond acceptors (Lipinski definition) is 8. The van der Waals surface area contributed by atoms with E-state index in [1.165, 1.54) is 13.0 Å². The van der Waals surface area contributed by atoms with Gasteiger partial charge in [-0.1, -0.05) is 0 Å². The van der Waals surface area contributed by atoms with Gasteiger partial charge in [-0.3, -0.25) is 9.52 Å². The molecule has 1 saturated heterocycles. The van der Waals surface area contributed by atoms with Crippen molar-refractivity contribution < 1.29 is 13.2 Å². The topological polar surface area (TPSA) is 116 Å². The Balaban J connectivity index is 1.42. The lowest BCUT2D eigenvalue weighted by Crippen LogP contribution is -2.21. The number of thiophene rings is 1. The lowest BCUT2D eigenvalue weighted by Gasteiger charge is -2.17. The normalized spacial score (nSPS) is 13.7. The zero-order valence-corrected chi connectivity index (χ0v) is 20.1. The highest BCUT2D eigenvalue weighted by Crippen LogP contribution is 2.26. The van der Waals surface area contributed by atoms with Crippen LogP contribution in [-0.2, 0) is 21.4 Å². The third-order valence-corrected chi connectivity index (χ3v) is 8.01. The van der Waals surface area contributed by atoms with Crippen molar-refractivity contribution in [1.82, 2.24) is 15.3 Å². The molecule has 3 N–H and O–H groups in total. The Morgan fingerprint density at radius 1 is 1.06 bits per heavy atom. The predicted octanol–water partition coefficient (Wildman–Crippen LogP) is 3.63. The fraction of sp³-hybridized carbons (Fsp3) is 0.318. The van der Waals surface area contributed by atoms with Gasteiger partial charge in [0.25, 0.3) is 10.0 Å². The van der Waals surface area contributed by atoms with Gasteiger partial charge in [0.15, 0.2) is 0 Å². The third kappa shape index (κ3) is 5.99. The van der Waals surface area contributed by atoms with Gasteiger partial charge in [0.1, 0.15) is 10.0 Å². The number of aryl methyl sites for hydroxylation is 1. The Morgan fingerprint density at radius 3 is 2.45 bits per heavy atom. The number of aromatic nitrogens is 2. The molecule has 0 radical (unpaired) electrons. The number of rotatable bonds is 8. The van der Waals surface area contributed by atoms with Crippen LogP contribution in [0.1, 0.15) is 30.3 Å². The van der Waals surface area contributed by atoms with Crippen LogP contribution >= 0.6 is 11.3 Å². The number of carbonyl (C=O) groups excluding carboxylic acids is 1. The minimum Gasteiger partial charge on any atom is -0.351 e. The molecule has 1 fully saturated rings. The number of anilines is 4. The van der Waals surface area contributed by atoms with E-state index in [1.54, 1.807) is 30.3 Å². The largest absolute Gasteiger partial charge is 0.351 e. The van der Waals surface area contributed by atoms with Gasteiger partial charge in [0.05, 0.1) is 6.54 Å². The van der Waals surface area contributed by atoms with Crippen molar-refractivity contribution in [3.05, 3.63) is 53.0 Å². The van der Waals surface area contributed by atoms with Gasteiger partial charge in [-0.15, -0.1) is 11.3 Å². The van der Waals surface area contributed by atoms with E-state index in [2.05, 4.69) is 30.2 Å². The highest BCUT2D eigenvalue weighted by atomic mass is 32.2. The van der Waals surface area contributed by atoms with Crippen molar-refractivity contribution in [2.45, 2.75) is 37.4 Å². The monoisotopic (exact) mass is 486 g/mol. The number of sulfonamides is 1. The summed E-state index contributed by atoms with van der Waals surface area (Å²) in [6.45, 7) is 5.60. The molecule has 0 spiro atoms. The summed E-state index contributed by atoms with van der Waals surface area (Å²) in [5.41, 5.74) is 2.12. The van der Waals surface area contributed by atoms with E-state index in [0.29, 0.717) is 18.1 Å². The number of nitrogens with zero attached hydrogens (tertiary/aromatic N) is 3. The molecule has 3 aromatic rings. The fourth-order valence-electron chi connectivity index (χ4n) is 3.46. The van der Waals surface area contributed by atoms with E-state index in [4.69, 9.17) is 0 Å². The highest BCUT2D eigenvalue weighted by molar-refractivity contribution is 7.94. The van der Waals surface area contributed by atoms with Crippen LogP contribution in [0.2, 0.25) is 0 Å². The molecule has 2 aromatic heterocycles. The van der Waals surface area contributed by atoms with Crippen molar-refractivity contribution >= 4 is 50.4 Å². The molecule has 3 heterocycles. The zero-order chi connectivity index (χ0) is 23.4. The van der Waals surface area contributed by atoms with Crippen LogP contribution in [0.5, 0.6) is 0 Å². The van der Waals surface area contributed by atoms with Gasteiger partial charge in [-0.05, 0) is 56.2 Å². The molecule has 1 aliphatic rings. The Bertz CT molecular complexity index is 1240. The summed E-state index contributed by atoms with van der Waals surface area (Å²) in [7, 11) is -3.71. The number of carbonyl (C=O) groups is 1. The van der Waals surface area contributed by atoms with Crippen LogP contribution < -0.4 is 20.3 Å². The molecular weight excluding hydrogens is 460 g/mol. The van der Waals surface area contributed by atoms with Crippen LogP contribution in [0.25, 0.3) is 0 Å². The minimum absolute atomic E-state index is 0.163. The van der Waals surface area contributed by atoms with Crippen molar-refractivity contribution in [1.29, 1.82) is 0 Å². The molecule has 0 unspecified atom stereocenters. The maximum absolute atomic E-state index is 12.7. The molecular formula is C22H26N6O3S2. The number of hydrogen-bond donors (Lipinski definition) is 3. The minimum atomic E-state index is -3.71. The number of amides is 1. The molecule has 0 bridgehead atoms. The first-order valence-corrected chi connectivity index (χ1v) is 12.9. The molecule has 0 aliphatic carbocycles. The highest BCUT2D eigenvalue weighted by Gasteiger charge is 2.18. The summed E-state index contributed by atoms with van der Waals surface area (Å²) in [6, 6.07) is 12.1. The van der Waals surface area contributed by atoms with E-state index in [1.807, 2.05) is 13.0 Å². The van der Waals surface area contributed by atoms with E-state index < -0.39 is 10.0 Å². The Labute approximate surface area is 197 Å². The van der Waals surface area contributed by atoms with Gasteiger partial charge in [-0.2, -0.15) is 4.98 Å². The van der Waals surface area contributed by atoms with Gasteiger partial charge in [0.2, 0.25) is 11.9 Å². The van der Waals surface area contributed by atoms with Gasteiger partial charge in [0, 0.05) is 48.0 Å². The van der Waals surface area contributed by atoms with E-state index in [-0.39, 0.29) is 10.1 Å². The van der Waals surface area contributed by atoms with Crippen molar-refractivity contribution in [3.8, 4) is 0 Å². The average Bonchev–Trinajstić information content (AvgIpc) is 3.46. The predicted molar refractivity (Wildman–Crippen MR) is 131 cm³/mol. The zero-order valence-electron chi connectivity index (χ0n) is 18.5. The standard InChI is InChI=1S/C22H26N6O3S2/c1-15-13-20(26-22(24-15)28-11-3-4-12-28)25-17-5-7-18(8-6-17)27-33(30,31)21-10-9-19(32-21)14-23-16(2)29/h5-10,13,27H,3-4,11-12,14H2,1-2H3,(H,23,29)(H,24,25,26). The lowest BCUT2D eigenvalue weighted by atomic mass is 10.3. The molecule has 1 aliphatic heterocycles. The lowest BCUT2D eigenvalue weighted by molar-refractivity contribution is -0.119. The first kappa shape index (κ1) is 23.0. The molecule has 4 rings (SSSR count). The summed E-state index contributed by atoms with van der Waals surface area (Å²) in [5, 5.41) is 5.93. The summed E-state index contributed by atoms with van der Waals surface area (Å²) in [6.07, 6.45) is 2.30. The fourth-order valence-corrected chi connectivity index (χ4v) is 5.81. The van der Waals surface area contributed by atoms with Crippen LogP contribution in [0.4, 0.5) is 23.1 Å². The van der Waals surface area contributed by atoms with Crippen LogP contribution in [0.3, 0.4) is 0 Å². The number of nitrogens with one attached hydrogen (secondary N) is 3. The van der Waals surface area contributed by atoms with Gasteiger partial charge >= 0.3 is 0 Å². The molecule has 11 heteroatoms. The molecule has 9 nitrogen and oxygen atoms in total. The second kappa shape index (κ2) is 9.75. The maximum atomic E-state index is 12.7. The van der Waals surface area contributed by atoms with Crippen LogP contribution in [0.15, 0.2) is 46.7 Å². The molecule has 1 amide bonds. The van der Waals surface area contributed by atoms with Crippen molar-refractivity contribution in [2.75, 3.05) is 28.0 Å². The number of benzene rings is 1. The Morgan fingerprint density at radius 2 is 1.76 bits per heavy atom. The smallest absolute Gasteiger partial charge is 0.271 e. The second-order valence-corrected chi connectivity index (χ2v) is 10.9. The van der Waals surface area contributed by atoms with Crippen molar-refractivity contribution in [2.24, 2.45) is 0 Å². The summed E-state index contributed by atoms with van der Waals surface area (Å²) in [5.74, 6) is 1.26. The van der Waals surface area contributed by atoms with Gasteiger partial charge < -0.3 is 15.5 Å². The van der Waals surface area contributed by atoms with Crippen LogP contribution in [0, 0.1) is 6.92 Å². The molecule has 174 valence electrons.